The lowest BCUT2D eigenvalue weighted by atomic mass is 10.2. The van der Waals surface area contributed by atoms with E-state index in [1.165, 1.54) is 18.9 Å². The van der Waals surface area contributed by atoms with Gasteiger partial charge < -0.3 is 10.5 Å². The summed E-state index contributed by atoms with van der Waals surface area (Å²) in [5.74, 6) is -0.258. The van der Waals surface area contributed by atoms with Crippen molar-refractivity contribution >= 4 is 28.8 Å². The molecule has 0 radical (unpaired) electrons. The van der Waals surface area contributed by atoms with E-state index in [2.05, 4.69) is 10.2 Å². The van der Waals surface area contributed by atoms with Crippen molar-refractivity contribution in [3.05, 3.63) is 69.5 Å². The van der Waals surface area contributed by atoms with Gasteiger partial charge in [-0.1, -0.05) is 42.1 Å². The fraction of sp³-hybridized carbons (Fsp3) is 0.125. The summed E-state index contributed by atoms with van der Waals surface area (Å²) < 4.78 is 18.7. The number of halogens is 1. The Labute approximate surface area is 147 Å². The fourth-order valence-corrected chi connectivity index (χ4v) is 2.49. The largest absolute Gasteiger partial charge is 0.490 e. The molecule has 0 spiro atoms. The van der Waals surface area contributed by atoms with Gasteiger partial charge in [-0.25, -0.2) is 4.39 Å². The van der Waals surface area contributed by atoms with Crippen molar-refractivity contribution in [2.75, 3.05) is 7.11 Å². The quantitative estimate of drug-likeness (QED) is 0.367. The van der Waals surface area contributed by atoms with Crippen LogP contribution in [0.5, 0.6) is 5.75 Å². The van der Waals surface area contributed by atoms with Crippen LogP contribution in [0.15, 0.2) is 52.7 Å². The van der Waals surface area contributed by atoms with Crippen LogP contribution < -0.4 is 10.5 Å². The summed E-state index contributed by atoms with van der Waals surface area (Å²) in [4.78, 5) is 10.3. The Morgan fingerprint density at radius 2 is 2.12 bits per heavy atom. The molecule has 0 aliphatic heterocycles. The predicted molar refractivity (Wildman–Crippen MR) is 96.6 cm³/mol. The second-order valence-electron chi connectivity index (χ2n) is 4.76. The highest BCUT2D eigenvalue weighted by Crippen LogP contribution is 2.29. The second kappa shape index (κ2) is 8.78. The van der Waals surface area contributed by atoms with Crippen molar-refractivity contribution in [3.8, 4) is 5.75 Å². The minimum absolute atomic E-state index is 0.0860. The molecule has 9 heteroatoms. The van der Waals surface area contributed by atoms with Gasteiger partial charge in [0.15, 0.2) is 10.9 Å². The van der Waals surface area contributed by atoms with Crippen molar-refractivity contribution < 1.29 is 14.1 Å². The molecule has 2 rings (SSSR count). The Kier molecular flexibility index (Phi) is 6.47. The van der Waals surface area contributed by atoms with Crippen LogP contribution in [0, 0.1) is 15.9 Å². The first-order chi connectivity index (χ1) is 12.0. The molecule has 0 aromatic heterocycles. The molecule has 25 heavy (non-hydrogen) atoms. The van der Waals surface area contributed by atoms with E-state index in [1.807, 2.05) is 30.3 Å². The zero-order valence-corrected chi connectivity index (χ0v) is 14.1. The Morgan fingerprint density at radius 1 is 1.40 bits per heavy atom. The SMILES string of the molecule is COc1cc(F)c(C=NN=C(N)SCc2ccccc2)cc1[N+](=O)[O-]. The van der Waals surface area contributed by atoms with Crippen LogP contribution in [0.3, 0.4) is 0 Å². The highest BCUT2D eigenvalue weighted by Gasteiger charge is 2.18. The number of benzene rings is 2. The highest BCUT2D eigenvalue weighted by atomic mass is 32.2. The standard InChI is InChI=1S/C16H15FN4O3S/c1-24-15-8-13(17)12(7-14(15)21(22)23)9-19-20-16(18)25-10-11-5-3-2-4-6-11/h2-9H,10H2,1H3,(H2,18,20). The molecule has 0 unspecified atom stereocenters. The third-order valence-corrected chi connectivity index (χ3v) is 3.93. The van der Waals surface area contributed by atoms with Crippen LogP contribution in [0.2, 0.25) is 0 Å². The molecule has 2 aromatic rings. The molecular formula is C16H15FN4O3S. The fourth-order valence-electron chi connectivity index (χ4n) is 1.87. The van der Waals surface area contributed by atoms with Gasteiger partial charge in [-0.2, -0.15) is 5.10 Å². The summed E-state index contributed by atoms with van der Waals surface area (Å²) in [5.41, 5.74) is 6.35. The van der Waals surface area contributed by atoms with Gasteiger partial charge in [0.05, 0.1) is 18.2 Å². The van der Waals surface area contributed by atoms with Gasteiger partial charge in [-0.15, -0.1) is 5.10 Å². The van der Waals surface area contributed by atoms with E-state index in [-0.39, 0.29) is 22.2 Å². The number of amidine groups is 1. The average molecular weight is 362 g/mol. The number of nitrogens with zero attached hydrogens (tertiary/aromatic N) is 3. The first-order valence-corrected chi connectivity index (χ1v) is 8.05. The number of nitrogens with two attached hydrogens (primary N) is 1. The maximum Gasteiger partial charge on any atom is 0.311 e. The minimum Gasteiger partial charge on any atom is -0.490 e. The van der Waals surface area contributed by atoms with Crippen LogP contribution in [0.1, 0.15) is 11.1 Å². The maximum atomic E-state index is 13.9. The van der Waals surface area contributed by atoms with E-state index in [9.17, 15) is 14.5 Å². The van der Waals surface area contributed by atoms with E-state index in [0.29, 0.717) is 5.75 Å². The van der Waals surface area contributed by atoms with Gasteiger partial charge in [0.25, 0.3) is 0 Å². The van der Waals surface area contributed by atoms with Crippen LogP contribution in [-0.2, 0) is 5.75 Å². The van der Waals surface area contributed by atoms with Crippen molar-refractivity contribution in [2.45, 2.75) is 5.75 Å². The van der Waals surface area contributed by atoms with E-state index >= 15 is 0 Å². The van der Waals surface area contributed by atoms with E-state index in [4.69, 9.17) is 10.5 Å². The second-order valence-corrected chi connectivity index (χ2v) is 5.76. The van der Waals surface area contributed by atoms with E-state index < -0.39 is 10.7 Å². The third-order valence-electron chi connectivity index (χ3n) is 3.08. The summed E-state index contributed by atoms with van der Waals surface area (Å²) in [5, 5.41) is 18.6. The molecule has 0 fully saturated rings. The smallest absolute Gasteiger partial charge is 0.311 e. The molecule has 7 nitrogen and oxygen atoms in total. The number of nitro benzene ring substituents is 1. The first kappa shape index (κ1) is 18.4. The summed E-state index contributed by atoms with van der Waals surface area (Å²) in [6.45, 7) is 0. The molecule has 0 aliphatic rings. The Bertz CT molecular complexity index is 813. The normalized spacial score (nSPS) is 11.7. The molecule has 0 atom stereocenters. The topological polar surface area (TPSA) is 103 Å². The van der Waals surface area contributed by atoms with Crippen molar-refractivity contribution in [2.24, 2.45) is 15.9 Å². The van der Waals surface area contributed by atoms with Crippen molar-refractivity contribution in [1.29, 1.82) is 0 Å². The van der Waals surface area contributed by atoms with Gasteiger partial charge in [-0.05, 0) is 5.56 Å². The van der Waals surface area contributed by atoms with Crippen LogP contribution in [0.25, 0.3) is 0 Å². The maximum absolute atomic E-state index is 13.9. The number of nitro groups is 1. The zero-order chi connectivity index (χ0) is 18.2. The number of methoxy groups -OCH3 is 1. The minimum atomic E-state index is -0.711. The molecule has 0 saturated heterocycles. The molecule has 0 amide bonds. The molecule has 2 aromatic carbocycles. The highest BCUT2D eigenvalue weighted by molar-refractivity contribution is 8.13. The predicted octanol–water partition coefficient (Wildman–Crippen LogP) is 3.32. The van der Waals surface area contributed by atoms with Crippen LogP contribution >= 0.6 is 11.8 Å². The van der Waals surface area contributed by atoms with E-state index in [1.54, 1.807) is 0 Å². The van der Waals surface area contributed by atoms with Crippen LogP contribution in [0.4, 0.5) is 10.1 Å². The Morgan fingerprint density at radius 3 is 2.76 bits per heavy atom. The lowest BCUT2D eigenvalue weighted by Gasteiger charge is -2.03. The molecule has 0 aliphatic carbocycles. The number of rotatable bonds is 6. The van der Waals surface area contributed by atoms with E-state index in [0.717, 1.165) is 23.9 Å². The Hall–Kier alpha value is -2.94. The molecular weight excluding hydrogens is 347 g/mol. The van der Waals surface area contributed by atoms with Gasteiger partial charge in [0.1, 0.15) is 5.82 Å². The zero-order valence-electron chi connectivity index (χ0n) is 13.3. The lowest BCUT2D eigenvalue weighted by Crippen LogP contribution is -2.06. The van der Waals surface area contributed by atoms with Gasteiger partial charge in [0.2, 0.25) is 0 Å². The molecule has 2 N–H and O–H groups in total. The number of hydrogen-bond acceptors (Lipinski definition) is 6. The van der Waals surface area contributed by atoms with Crippen molar-refractivity contribution in [1.82, 2.24) is 0 Å². The molecule has 0 heterocycles. The monoisotopic (exact) mass is 362 g/mol. The number of thioether (sulfide) groups is 1. The van der Waals surface area contributed by atoms with Gasteiger partial charge in [-0.3, -0.25) is 10.1 Å². The first-order valence-electron chi connectivity index (χ1n) is 7.06. The average Bonchev–Trinajstić information content (AvgIpc) is 2.61. The summed E-state index contributed by atoms with van der Waals surface area (Å²) in [6, 6.07) is 11.6. The molecule has 130 valence electrons. The number of ether oxygens (including phenoxy) is 1. The lowest BCUT2D eigenvalue weighted by molar-refractivity contribution is -0.385. The summed E-state index contributed by atoms with van der Waals surface area (Å²) in [6.07, 6.45) is 1.07. The van der Waals surface area contributed by atoms with Gasteiger partial charge >= 0.3 is 5.69 Å². The van der Waals surface area contributed by atoms with Gasteiger partial charge in [0, 0.05) is 23.4 Å². The summed E-state index contributed by atoms with van der Waals surface area (Å²) >= 11 is 1.27. The summed E-state index contributed by atoms with van der Waals surface area (Å²) in [7, 11) is 1.23. The Balaban J connectivity index is 2.07. The van der Waals surface area contributed by atoms with Crippen molar-refractivity contribution in [3.63, 3.8) is 0 Å². The third kappa shape index (κ3) is 5.28. The molecule has 0 saturated carbocycles. The molecule has 0 bridgehead atoms. The number of hydrogen-bond donors (Lipinski definition) is 1. The van der Waals surface area contributed by atoms with Crippen LogP contribution in [-0.4, -0.2) is 23.4 Å².